The van der Waals surface area contributed by atoms with E-state index < -0.39 is 6.09 Å². The molecule has 0 unspecified atom stereocenters. The molecule has 108 valence electrons. The standard InChI is InChI=1S/C16H17N3O2/c1-19-13-17-11-15(19)9-5-6-10-18-16(20)21-12-14-7-3-2-4-8-14/h2-4,7-8,11,13H,6,10,12H2,1H3,(H,18,20). The number of hydrogen-bond donors (Lipinski definition) is 1. The third-order valence-electron chi connectivity index (χ3n) is 2.77. The summed E-state index contributed by atoms with van der Waals surface area (Å²) in [6.45, 7) is 0.728. The Morgan fingerprint density at radius 3 is 2.90 bits per heavy atom. The molecule has 1 aromatic carbocycles. The first-order valence-electron chi connectivity index (χ1n) is 6.65. The van der Waals surface area contributed by atoms with E-state index in [9.17, 15) is 4.79 Å². The summed E-state index contributed by atoms with van der Waals surface area (Å²) in [5.41, 5.74) is 1.81. The molecule has 21 heavy (non-hydrogen) atoms. The minimum absolute atomic E-state index is 0.271. The predicted octanol–water partition coefficient (Wildman–Crippen LogP) is 2.09. The molecule has 2 rings (SSSR count). The molecular weight excluding hydrogens is 266 g/mol. The maximum atomic E-state index is 11.5. The van der Waals surface area contributed by atoms with Gasteiger partial charge in [-0.25, -0.2) is 9.78 Å². The van der Waals surface area contributed by atoms with Crippen LogP contribution in [0.15, 0.2) is 42.9 Å². The van der Waals surface area contributed by atoms with Crippen LogP contribution in [0.25, 0.3) is 0 Å². The van der Waals surface area contributed by atoms with Gasteiger partial charge in [0.25, 0.3) is 0 Å². The maximum Gasteiger partial charge on any atom is 0.407 e. The number of aryl methyl sites for hydroxylation is 1. The van der Waals surface area contributed by atoms with Gasteiger partial charge in [0.1, 0.15) is 12.3 Å². The normalized spacial score (nSPS) is 9.57. The molecule has 1 N–H and O–H groups in total. The molecule has 0 aliphatic carbocycles. The van der Waals surface area contributed by atoms with Gasteiger partial charge in [-0.3, -0.25) is 0 Å². The highest BCUT2D eigenvalue weighted by molar-refractivity contribution is 5.67. The number of benzene rings is 1. The molecule has 1 amide bonds. The summed E-state index contributed by atoms with van der Waals surface area (Å²) in [6.07, 6.45) is 3.53. The second kappa shape index (κ2) is 7.75. The Morgan fingerprint density at radius 2 is 2.19 bits per heavy atom. The summed E-state index contributed by atoms with van der Waals surface area (Å²) in [5, 5.41) is 2.66. The molecule has 5 heteroatoms. The summed E-state index contributed by atoms with van der Waals surface area (Å²) in [6, 6.07) is 9.55. The second-order valence-corrected chi connectivity index (χ2v) is 4.43. The summed E-state index contributed by atoms with van der Waals surface area (Å²) in [4.78, 5) is 15.4. The van der Waals surface area contributed by atoms with Gasteiger partial charge < -0.3 is 14.6 Å². The van der Waals surface area contributed by atoms with Crippen LogP contribution in [0, 0.1) is 11.8 Å². The number of ether oxygens (including phenoxy) is 1. The van der Waals surface area contributed by atoms with Crippen molar-refractivity contribution in [2.45, 2.75) is 13.0 Å². The van der Waals surface area contributed by atoms with E-state index >= 15 is 0 Å². The monoisotopic (exact) mass is 283 g/mol. The number of amides is 1. The molecule has 0 aliphatic rings. The minimum atomic E-state index is -0.429. The predicted molar refractivity (Wildman–Crippen MR) is 79.3 cm³/mol. The molecule has 0 spiro atoms. The third kappa shape index (κ3) is 5.03. The van der Waals surface area contributed by atoms with E-state index in [1.165, 1.54) is 0 Å². The highest BCUT2D eigenvalue weighted by atomic mass is 16.5. The summed E-state index contributed by atoms with van der Waals surface area (Å²) in [5.74, 6) is 5.96. The SMILES string of the molecule is Cn1cncc1C#CCCNC(=O)OCc1ccccc1. The quantitative estimate of drug-likeness (QED) is 0.690. The van der Waals surface area contributed by atoms with Crippen LogP contribution in [0.5, 0.6) is 0 Å². The fourth-order valence-corrected chi connectivity index (χ4v) is 1.63. The fourth-order valence-electron chi connectivity index (χ4n) is 1.63. The maximum absolute atomic E-state index is 11.5. The third-order valence-corrected chi connectivity index (χ3v) is 2.77. The summed E-state index contributed by atoms with van der Waals surface area (Å²) >= 11 is 0. The summed E-state index contributed by atoms with van der Waals surface area (Å²) in [7, 11) is 1.89. The Morgan fingerprint density at radius 1 is 1.38 bits per heavy atom. The van der Waals surface area contributed by atoms with Crippen LogP contribution in [0.2, 0.25) is 0 Å². The van der Waals surface area contributed by atoms with Crippen molar-refractivity contribution in [3.63, 3.8) is 0 Å². The molecule has 0 fully saturated rings. The van der Waals surface area contributed by atoms with Gasteiger partial charge in [0.2, 0.25) is 0 Å². The molecule has 0 aliphatic heterocycles. The van der Waals surface area contributed by atoms with Crippen LogP contribution in [0.4, 0.5) is 4.79 Å². The molecule has 0 saturated heterocycles. The van der Waals surface area contributed by atoms with Gasteiger partial charge in [0.05, 0.1) is 12.5 Å². The Balaban J connectivity index is 1.64. The lowest BCUT2D eigenvalue weighted by Gasteiger charge is -2.05. The highest BCUT2D eigenvalue weighted by Gasteiger charge is 2.00. The zero-order valence-electron chi connectivity index (χ0n) is 11.9. The molecule has 1 heterocycles. The van der Waals surface area contributed by atoms with Gasteiger partial charge in [0.15, 0.2) is 0 Å². The fraction of sp³-hybridized carbons (Fsp3) is 0.250. The van der Waals surface area contributed by atoms with Crippen molar-refractivity contribution in [1.82, 2.24) is 14.9 Å². The average Bonchev–Trinajstić information content (AvgIpc) is 2.91. The number of hydrogen-bond acceptors (Lipinski definition) is 3. The zero-order chi connectivity index (χ0) is 14.9. The Kier molecular flexibility index (Phi) is 5.41. The van der Waals surface area contributed by atoms with E-state index in [-0.39, 0.29) is 6.61 Å². The van der Waals surface area contributed by atoms with Crippen LogP contribution in [-0.4, -0.2) is 22.2 Å². The number of carbonyl (C=O) groups is 1. The van der Waals surface area contributed by atoms with Gasteiger partial charge in [-0.15, -0.1) is 0 Å². The number of rotatable bonds is 4. The van der Waals surface area contributed by atoms with E-state index in [1.807, 2.05) is 41.9 Å². The summed E-state index contributed by atoms with van der Waals surface area (Å²) < 4.78 is 6.93. The zero-order valence-corrected chi connectivity index (χ0v) is 11.9. The van der Waals surface area contributed by atoms with Gasteiger partial charge in [-0.2, -0.15) is 0 Å². The van der Waals surface area contributed by atoms with Crippen molar-refractivity contribution >= 4 is 6.09 Å². The van der Waals surface area contributed by atoms with Crippen LogP contribution < -0.4 is 5.32 Å². The Hall–Kier alpha value is -2.74. The lowest BCUT2D eigenvalue weighted by atomic mass is 10.2. The van der Waals surface area contributed by atoms with Crippen molar-refractivity contribution in [1.29, 1.82) is 0 Å². The van der Waals surface area contributed by atoms with Gasteiger partial charge in [0, 0.05) is 20.0 Å². The number of aromatic nitrogens is 2. The number of nitrogens with zero attached hydrogens (tertiary/aromatic N) is 2. The van der Waals surface area contributed by atoms with Crippen molar-refractivity contribution in [3.05, 3.63) is 54.1 Å². The van der Waals surface area contributed by atoms with Crippen molar-refractivity contribution < 1.29 is 9.53 Å². The van der Waals surface area contributed by atoms with Crippen molar-refractivity contribution in [3.8, 4) is 11.8 Å². The van der Waals surface area contributed by atoms with Gasteiger partial charge in [-0.05, 0) is 11.5 Å². The van der Waals surface area contributed by atoms with E-state index in [0.717, 1.165) is 11.3 Å². The van der Waals surface area contributed by atoms with Crippen molar-refractivity contribution in [2.24, 2.45) is 7.05 Å². The van der Waals surface area contributed by atoms with Crippen molar-refractivity contribution in [2.75, 3.05) is 6.54 Å². The molecule has 0 saturated carbocycles. The number of carbonyl (C=O) groups excluding carboxylic acids is 1. The molecule has 5 nitrogen and oxygen atoms in total. The van der Waals surface area contributed by atoms with E-state index in [1.54, 1.807) is 12.5 Å². The van der Waals surface area contributed by atoms with E-state index in [0.29, 0.717) is 13.0 Å². The molecular formula is C16H17N3O2. The molecule has 0 radical (unpaired) electrons. The Labute approximate surface area is 124 Å². The molecule has 0 bridgehead atoms. The first-order valence-corrected chi connectivity index (χ1v) is 6.65. The van der Waals surface area contributed by atoms with Crippen LogP contribution in [0.3, 0.4) is 0 Å². The lowest BCUT2D eigenvalue weighted by molar-refractivity contribution is 0.140. The second-order valence-electron chi connectivity index (χ2n) is 4.43. The van der Waals surface area contributed by atoms with E-state index in [4.69, 9.17) is 4.74 Å². The largest absolute Gasteiger partial charge is 0.445 e. The van der Waals surface area contributed by atoms with Crippen LogP contribution >= 0.6 is 0 Å². The first kappa shape index (κ1) is 14.7. The van der Waals surface area contributed by atoms with Gasteiger partial charge in [-0.1, -0.05) is 36.3 Å². The Bertz CT molecular complexity index is 638. The minimum Gasteiger partial charge on any atom is -0.445 e. The lowest BCUT2D eigenvalue weighted by Crippen LogP contribution is -2.24. The smallest absolute Gasteiger partial charge is 0.407 e. The number of nitrogens with one attached hydrogen (secondary N) is 1. The number of imidazole rings is 1. The first-order chi connectivity index (χ1) is 10.3. The van der Waals surface area contributed by atoms with Gasteiger partial charge >= 0.3 is 6.09 Å². The molecule has 0 atom stereocenters. The topological polar surface area (TPSA) is 56.2 Å². The van der Waals surface area contributed by atoms with Crippen LogP contribution in [0.1, 0.15) is 17.7 Å². The van der Waals surface area contributed by atoms with E-state index in [2.05, 4.69) is 22.1 Å². The molecule has 2 aromatic rings. The van der Waals surface area contributed by atoms with Crippen LogP contribution in [-0.2, 0) is 18.4 Å². The average molecular weight is 283 g/mol. The molecule has 1 aromatic heterocycles. The highest BCUT2D eigenvalue weighted by Crippen LogP contribution is 2.00. The number of alkyl carbamates (subject to hydrolysis) is 1.